The number of ether oxygens (including phenoxy) is 2. The smallest absolute Gasteiger partial charge is 0.168 e. The monoisotopic (exact) mass is 359 g/mol. The van der Waals surface area contributed by atoms with E-state index in [-0.39, 0.29) is 6.61 Å². The lowest BCUT2D eigenvalue weighted by molar-refractivity contribution is -0.254. The van der Waals surface area contributed by atoms with Crippen LogP contribution in [0.1, 0.15) is 85.5 Å². The second kappa shape index (κ2) is 16.0. The summed E-state index contributed by atoms with van der Waals surface area (Å²) in [6.45, 7) is 11.9. The Kier molecular flexibility index (Phi) is 15.9. The zero-order chi connectivity index (χ0) is 19.0. The van der Waals surface area contributed by atoms with Gasteiger partial charge >= 0.3 is 0 Å². The lowest BCUT2D eigenvalue weighted by Crippen LogP contribution is -2.41. The van der Waals surface area contributed by atoms with Gasteiger partial charge in [-0.15, -0.1) is 0 Å². The summed E-state index contributed by atoms with van der Waals surface area (Å²) in [4.78, 5) is 2.19. The minimum atomic E-state index is -0.470. The van der Waals surface area contributed by atoms with Crippen LogP contribution in [0.4, 0.5) is 0 Å². The maximum atomic E-state index is 9.04. The standard InChI is InChI=1S/C21H45NO3/c1-6-9-10-11-12-13-15-20(16-14-17-22(5)18-19-23)21(4,24-7-2)25-8-3/h20,23H,6-19H2,1-5H3. The minimum Gasteiger partial charge on any atom is -0.395 e. The summed E-state index contributed by atoms with van der Waals surface area (Å²) in [5, 5.41) is 9.04. The van der Waals surface area contributed by atoms with Crippen molar-refractivity contribution in [1.29, 1.82) is 0 Å². The van der Waals surface area contributed by atoms with Crippen LogP contribution in [0.15, 0.2) is 0 Å². The van der Waals surface area contributed by atoms with Crippen LogP contribution in [-0.4, -0.2) is 55.8 Å². The summed E-state index contributed by atoms with van der Waals surface area (Å²) in [6.07, 6.45) is 11.3. The molecule has 0 radical (unpaired) electrons. The summed E-state index contributed by atoms with van der Waals surface area (Å²) in [5.41, 5.74) is 0. The molecular formula is C21H45NO3. The number of aliphatic hydroxyl groups excluding tert-OH is 1. The third-order valence-corrected chi connectivity index (χ3v) is 5.08. The molecule has 0 saturated carbocycles. The number of unbranched alkanes of at least 4 members (excludes halogenated alkanes) is 5. The first kappa shape index (κ1) is 24.8. The third-order valence-electron chi connectivity index (χ3n) is 5.08. The highest BCUT2D eigenvalue weighted by Crippen LogP contribution is 2.32. The quantitative estimate of drug-likeness (QED) is 0.281. The first-order chi connectivity index (χ1) is 12.0. The summed E-state index contributed by atoms with van der Waals surface area (Å²) < 4.78 is 12.1. The van der Waals surface area contributed by atoms with Gasteiger partial charge in [0.05, 0.1) is 6.61 Å². The maximum Gasteiger partial charge on any atom is 0.168 e. The van der Waals surface area contributed by atoms with Crippen LogP contribution in [0.3, 0.4) is 0 Å². The van der Waals surface area contributed by atoms with Crippen LogP contribution in [0.25, 0.3) is 0 Å². The van der Waals surface area contributed by atoms with Crippen molar-refractivity contribution in [2.75, 3.05) is 40.0 Å². The number of likely N-dealkylation sites (N-methyl/N-ethyl adjacent to an activating group) is 1. The van der Waals surface area contributed by atoms with Gasteiger partial charge in [-0.05, 0) is 53.6 Å². The third kappa shape index (κ3) is 12.0. The topological polar surface area (TPSA) is 41.9 Å². The van der Waals surface area contributed by atoms with E-state index in [1.165, 1.54) is 44.9 Å². The van der Waals surface area contributed by atoms with Crippen molar-refractivity contribution in [1.82, 2.24) is 4.90 Å². The van der Waals surface area contributed by atoms with Crippen LogP contribution in [0, 0.1) is 5.92 Å². The largest absolute Gasteiger partial charge is 0.395 e. The van der Waals surface area contributed by atoms with Crippen LogP contribution < -0.4 is 0 Å². The van der Waals surface area contributed by atoms with E-state index in [0.29, 0.717) is 19.1 Å². The summed E-state index contributed by atoms with van der Waals surface area (Å²) >= 11 is 0. The molecule has 0 aromatic heterocycles. The molecule has 0 saturated heterocycles. The molecule has 0 heterocycles. The molecule has 0 aromatic rings. The zero-order valence-corrected chi connectivity index (χ0v) is 17.7. The van der Waals surface area contributed by atoms with Gasteiger partial charge in [0.25, 0.3) is 0 Å². The molecule has 0 fully saturated rings. The van der Waals surface area contributed by atoms with Crippen molar-refractivity contribution in [3.8, 4) is 0 Å². The Morgan fingerprint density at radius 1 is 0.840 bits per heavy atom. The van der Waals surface area contributed by atoms with Gasteiger partial charge in [0, 0.05) is 25.7 Å². The molecular weight excluding hydrogens is 314 g/mol. The van der Waals surface area contributed by atoms with Gasteiger partial charge in [-0.25, -0.2) is 0 Å². The molecule has 0 aliphatic heterocycles. The minimum absolute atomic E-state index is 0.229. The van der Waals surface area contributed by atoms with E-state index in [2.05, 4.69) is 25.8 Å². The zero-order valence-electron chi connectivity index (χ0n) is 17.7. The van der Waals surface area contributed by atoms with Crippen molar-refractivity contribution in [2.45, 2.75) is 91.3 Å². The number of hydrogen-bond donors (Lipinski definition) is 1. The maximum absolute atomic E-state index is 9.04. The van der Waals surface area contributed by atoms with Crippen LogP contribution in [0.5, 0.6) is 0 Å². The van der Waals surface area contributed by atoms with Crippen LogP contribution in [0.2, 0.25) is 0 Å². The van der Waals surface area contributed by atoms with E-state index < -0.39 is 5.79 Å². The average molecular weight is 360 g/mol. The summed E-state index contributed by atoms with van der Waals surface area (Å²) in [7, 11) is 2.07. The molecule has 152 valence electrons. The average Bonchev–Trinajstić information content (AvgIpc) is 2.57. The number of rotatable bonds is 18. The highest BCUT2D eigenvalue weighted by molar-refractivity contribution is 4.76. The van der Waals surface area contributed by atoms with E-state index in [4.69, 9.17) is 14.6 Å². The SMILES string of the molecule is CCCCCCCCC(CCCN(C)CCO)C(C)(OCC)OCC. The molecule has 0 aromatic carbocycles. The number of aliphatic hydroxyl groups is 1. The molecule has 1 unspecified atom stereocenters. The van der Waals surface area contributed by atoms with Crippen LogP contribution >= 0.6 is 0 Å². The van der Waals surface area contributed by atoms with E-state index in [9.17, 15) is 0 Å². The summed E-state index contributed by atoms with van der Waals surface area (Å²) in [5.74, 6) is -0.0382. The predicted octanol–water partition coefficient (Wildman–Crippen LogP) is 4.85. The predicted molar refractivity (Wildman–Crippen MR) is 107 cm³/mol. The van der Waals surface area contributed by atoms with Gasteiger partial charge in [0.2, 0.25) is 0 Å². The molecule has 0 rings (SSSR count). The summed E-state index contributed by atoms with van der Waals surface area (Å²) in [6, 6.07) is 0. The van der Waals surface area contributed by atoms with Gasteiger partial charge < -0.3 is 19.5 Å². The molecule has 25 heavy (non-hydrogen) atoms. The second-order valence-electron chi connectivity index (χ2n) is 7.30. The van der Waals surface area contributed by atoms with Crippen LogP contribution in [-0.2, 0) is 9.47 Å². The number of hydrogen-bond acceptors (Lipinski definition) is 4. The van der Waals surface area contributed by atoms with Gasteiger partial charge in [0.1, 0.15) is 0 Å². The fourth-order valence-corrected chi connectivity index (χ4v) is 3.58. The van der Waals surface area contributed by atoms with Crippen molar-refractivity contribution >= 4 is 0 Å². The molecule has 0 aliphatic rings. The first-order valence-electron chi connectivity index (χ1n) is 10.6. The van der Waals surface area contributed by atoms with E-state index in [1.54, 1.807) is 0 Å². The Balaban J connectivity index is 4.51. The molecule has 4 heteroatoms. The Labute approximate surface area is 157 Å². The first-order valence-corrected chi connectivity index (χ1v) is 10.6. The van der Waals surface area contributed by atoms with Crippen molar-refractivity contribution in [3.63, 3.8) is 0 Å². The van der Waals surface area contributed by atoms with Gasteiger partial charge in [-0.2, -0.15) is 0 Å². The highest BCUT2D eigenvalue weighted by Gasteiger charge is 2.34. The Hall–Kier alpha value is -0.160. The van der Waals surface area contributed by atoms with E-state index in [0.717, 1.165) is 25.9 Å². The fourth-order valence-electron chi connectivity index (χ4n) is 3.58. The molecule has 4 nitrogen and oxygen atoms in total. The molecule has 1 atom stereocenters. The van der Waals surface area contributed by atoms with E-state index in [1.807, 2.05) is 13.8 Å². The Morgan fingerprint density at radius 2 is 1.40 bits per heavy atom. The van der Waals surface area contributed by atoms with Crippen molar-refractivity contribution in [2.24, 2.45) is 5.92 Å². The molecule has 0 bridgehead atoms. The highest BCUT2D eigenvalue weighted by atomic mass is 16.7. The van der Waals surface area contributed by atoms with Crippen molar-refractivity contribution < 1.29 is 14.6 Å². The van der Waals surface area contributed by atoms with Gasteiger partial charge in [-0.1, -0.05) is 45.4 Å². The lowest BCUT2D eigenvalue weighted by atomic mass is 9.88. The number of nitrogens with zero attached hydrogens (tertiary/aromatic N) is 1. The fraction of sp³-hybridized carbons (Fsp3) is 1.00. The lowest BCUT2D eigenvalue weighted by Gasteiger charge is -2.37. The molecule has 1 N–H and O–H groups in total. The van der Waals surface area contributed by atoms with Gasteiger partial charge in [0.15, 0.2) is 5.79 Å². The Morgan fingerprint density at radius 3 is 1.96 bits per heavy atom. The van der Waals surface area contributed by atoms with Crippen molar-refractivity contribution in [3.05, 3.63) is 0 Å². The van der Waals surface area contributed by atoms with E-state index >= 15 is 0 Å². The second-order valence-corrected chi connectivity index (χ2v) is 7.30. The normalized spacial score (nSPS) is 13.6. The molecule has 0 aliphatic carbocycles. The molecule has 0 spiro atoms. The van der Waals surface area contributed by atoms with Gasteiger partial charge in [-0.3, -0.25) is 0 Å². The Bertz CT molecular complexity index is 280. The molecule has 0 amide bonds.